The molecule has 1 aromatic carbocycles. The first-order valence-electron chi connectivity index (χ1n) is 11.2. The molecule has 1 aliphatic carbocycles. The summed E-state index contributed by atoms with van der Waals surface area (Å²) in [5, 5.41) is 37.5. The number of anilines is 2. The molecule has 1 fully saturated rings. The van der Waals surface area contributed by atoms with Crippen molar-refractivity contribution in [2.75, 3.05) is 17.2 Å². The maximum atomic E-state index is 12.8. The summed E-state index contributed by atoms with van der Waals surface area (Å²) in [6.07, 6.45) is -6.20. The fourth-order valence-electron chi connectivity index (χ4n) is 4.36. The fourth-order valence-corrected chi connectivity index (χ4v) is 5.50. The lowest BCUT2D eigenvalue weighted by molar-refractivity contribution is -0.115. The summed E-state index contributed by atoms with van der Waals surface area (Å²) in [7, 11) is 0. The molecule has 2 aromatic heterocycles. The Bertz CT molecular complexity index is 1210. The Morgan fingerprint density at radius 1 is 1.17 bits per heavy atom. The van der Waals surface area contributed by atoms with Gasteiger partial charge in [-0.25, -0.2) is 9.97 Å². The van der Waals surface area contributed by atoms with Crippen molar-refractivity contribution in [3.8, 4) is 10.6 Å². The molecule has 190 valence electrons. The maximum Gasteiger partial charge on any atom is 0.405 e. The second kappa shape index (κ2) is 9.16. The number of hydrogen-bond acceptors (Lipinski definition) is 9. The molecule has 0 radical (unpaired) electrons. The van der Waals surface area contributed by atoms with Gasteiger partial charge in [0, 0.05) is 5.92 Å². The Morgan fingerprint density at radius 2 is 1.86 bits per heavy atom. The fraction of sp³-hybridized carbons (Fsp3) is 0.522. The zero-order valence-electron chi connectivity index (χ0n) is 19.7. The van der Waals surface area contributed by atoms with E-state index in [2.05, 4.69) is 20.6 Å². The number of halogens is 3. The van der Waals surface area contributed by atoms with E-state index in [1.54, 1.807) is 6.92 Å². The van der Waals surface area contributed by atoms with E-state index < -0.39 is 36.6 Å². The second-order valence-corrected chi connectivity index (χ2v) is 10.2. The average Bonchev–Trinajstić information content (AvgIpc) is 3.26. The molecule has 2 heterocycles. The topological polar surface area (TPSA) is 123 Å². The largest absolute Gasteiger partial charge is 0.405 e. The molecule has 12 heteroatoms. The number of alkyl halides is 3. The van der Waals surface area contributed by atoms with Crippen LogP contribution in [0.5, 0.6) is 0 Å². The van der Waals surface area contributed by atoms with Crippen LogP contribution in [0, 0.1) is 26.7 Å². The van der Waals surface area contributed by atoms with Crippen molar-refractivity contribution in [3.63, 3.8) is 0 Å². The predicted molar refractivity (Wildman–Crippen MR) is 128 cm³/mol. The van der Waals surface area contributed by atoms with Crippen LogP contribution in [-0.2, 0) is 0 Å². The molecule has 8 nitrogen and oxygen atoms in total. The quantitative estimate of drug-likeness (QED) is 0.316. The standard InChI is InChI=1S/C23H28F3N5O3S/c1-10-7-15-16(8-11(10)2)35-20(29-15)17-12(3)28-21(27-9-23(24,25)26)30-19(17)31-22(34)6-5-14(13(4)32)18(22)33/h7-8,13-14,18,32-34H,5-6,9H2,1-4H3,(H2,27,28,30,31). The molecule has 0 amide bonds. The summed E-state index contributed by atoms with van der Waals surface area (Å²) in [5.41, 5.74) is 1.84. The number of aliphatic hydroxyl groups excluding tert-OH is 2. The summed E-state index contributed by atoms with van der Waals surface area (Å²) in [6.45, 7) is 5.79. The number of hydrogen-bond donors (Lipinski definition) is 5. The molecule has 4 rings (SSSR count). The maximum absolute atomic E-state index is 12.8. The molecule has 35 heavy (non-hydrogen) atoms. The van der Waals surface area contributed by atoms with E-state index >= 15 is 0 Å². The lowest BCUT2D eigenvalue weighted by Gasteiger charge is -2.32. The highest BCUT2D eigenvalue weighted by atomic mass is 32.1. The number of nitrogens with zero attached hydrogens (tertiary/aromatic N) is 3. The van der Waals surface area contributed by atoms with E-state index in [0.29, 0.717) is 22.7 Å². The number of thiazole rings is 1. The third-order valence-electron chi connectivity index (χ3n) is 6.46. The van der Waals surface area contributed by atoms with Gasteiger partial charge in [-0.1, -0.05) is 0 Å². The van der Waals surface area contributed by atoms with Gasteiger partial charge in [-0.3, -0.25) is 0 Å². The van der Waals surface area contributed by atoms with Gasteiger partial charge in [0.1, 0.15) is 23.5 Å². The van der Waals surface area contributed by atoms with Crippen LogP contribution < -0.4 is 10.6 Å². The minimum atomic E-state index is -4.48. The molecule has 4 atom stereocenters. The highest BCUT2D eigenvalue weighted by molar-refractivity contribution is 7.21. The highest BCUT2D eigenvalue weighted by Crippen LogP contribution is 2.42. The first-order valence-corrected chi connectivity index (χ1v) is 12.0. The molecule has 5 N–H and O–H groups in total. The van der Waals surface area contributed by atoms with Crippen molar-refractivity contribution < 1.29 is 28.5 Å². The zero-order chi connectivity index (χ0) is 25.7. The van der Waals surface area contributed by atoms with E-state index in [1.165, 1.54) is 18.3 Å². The first kappa shape index (κ1) is 25.5. The number of aromatic nitrogens is 3. The molecule has 4 unspecified atom stereocenters. The van der Waals surface area contributed by atoms with Crippen LogP contribution in [0.4, 0.5) is 24.9 Å². The summed E-state index contributed by atoms with van der Waals surface area (Å²) >= 11 is 1.37. The van der Waals surface area contributed by atoms with Gasteiger partial charge in [-0.15, -0.1) is 11.3 Å². The Hall–Kier alpha value is -2.54. The van der Waals surface area contributed by atoms with Crippen LogP contribution in [0.25, 0.3) is 20.8 Å². The molecular formula is C23H28F3N5O3S. The summed E-state index contributed by atoms with van der Waals surface area (Å²) < 4.78 is 39.3. The highest BCUT2D eigenvalue weighted by Gasteiger charge is 2.49. The van der Waals surface area contributed by atoms with Crippen molar-refractivity contribution in [1.29, 1.82) is 0 Å². The van der Waals surface area contributed by atoms with Crippen molar-refractivity contribution >= 4 is 33.3 Å². The normalized spacial score (nSPS) is 23.6. The number of aliphatic hydroxyl groups is 3. The van der Waals surface area contributed by atoms with Gasteiger partial charge in [0.15, 0.2) is 5.72 Å². The van der Waals surface area contributed by atoms with Gasteiger partial charge >= 0.3 is 6.18 Å². The average molecular weight is 512 g/mol. The van der Waals surface area contributed by atoms with E-state index in [1.807, 2.05) is 26.0 Å². The minimum absolute atomic E-state index is 0.0440. The third kappa shape index (κ3) is 5.20. The molecule has 0 bridgehead atoms. The number of fused-ring (bicyclic) bond motifs is 1. The van der Waals surface area contributed by atoms with Crippen LogP contribution in [0.2, 0.25) is 0 Å². The molecule has 0 aliphatic heterocycles. The lowest BCUT2D eigenvalue weighted by Crippen LogP contribution is -2.49. The number of benzene rings is 1. The van der Waals surface area contributed by atoms with E-state index in [-0.39, 0.29) is 18.2 Å². The Labute approximate surface area is 204 Å². The van der Waals surface area contributed by atoms with Gasteiger partial charge in [0.05, 0.1) is 27.6 Å². The predicted octanol–water partition coefficient (Wildman–Crippen LogP) is 3.90. The zero-order valence-corrected chi connectivity index (χ0v) is 20.5. The number of rotatable bonds is 6. The summed E-state index contributed by atoms with van der Waals surface area (Å²) in [4.78, 5) is 13.1. The summed E-state index contributed by atoms with van der Waals surface area (Å²) in [6, 6.07) is 3.96. The lowest BCUT2D eigenvalue weighted by atomic mass is 9.98. The van der Waals surface area contributed by atoms with Crippen LogP contribution in [-0.4, -0.2) is 60.9 Å². The molecule has 1 aliphatic rings. The Balaban J connectivity index is 1.80. The van der Waals surface area contributed by atoms with Gasteiger partial charge in [0.25, 0.3) is 0 Å². The Kier molecular flexibility index (Phi) is 6.68. The van der Waals surface area contributed by atoms with Gasteiger partial charge in [-0.2, -0.15) is 18.2 Å². The van der Waals surface area contributed by atoms with Crippen molar-refractivity contribution in [2.24, 2.45) is 5.92 Å². The van der Waals surface area contributed by atoms with E-state index in [4.69, 9.17) is 4.98 Å². The van der Waals surface area contributed by atoms with Crippen LogP contribution in [0.3, 0.4) is 0 Å². The van der Waals surface area contributed by atoms with Crippen molar-refractivity contribution in [1.82, 2.24) is 15.0 Å². The van der Waals surface area contributed by atoms with Gasteiger partial charge in [-0.05, 0) is 63.8 Å². The van der Waals surface area contributed by atoms with Gasteiger partial charge in [0.2, 0.25) is 5.95 Å². The molecular weight excluding hydrogens is 483 g/mol. The van der Waals surface area contributed by atoms with Crippen LogP contribution in [0.1, 0.15) is 36.6 Å². The summed E-state index contributed by atoms with van der Waals surface area (Å²) in [5.74, 6) is -0.806. The molecule has 3 aromatic rings. The van der Waals surface area contributed by atoms with Crippen molar-refractivity contribution in [3.05, 3.63) is 29.0 Å². The monoisotopic (exact) mass is 511 g/mol. The smallest absolute Gasteiger partial charge is 0.393 e. The van der Waals surface area contributed by atoms with Crippen molar-refractivity contribution in [2.45, 2.75) is 64.6 Å². The van der Waals surface area contributed by atoms with Crippen LogP contribution >= 0.6 is 11.3 Å². The van der Waals surface area contributed by atoms with Crippen LogP contribution in [0.15, 0.2) is 12.1 Å². The third-order valence-corrected chi connectivity index (χ3v) is 7.50. The second-order valence-electron chi connectivity index (χ2n) is 9.19. The van der Waals surface area contributed by atoms with E-state index in [0.717, 1.165) is 21.3 Å². The number of aryl methyl sites for hydroxylation is 3. The minimum Gasteiger partial charge on any atom is -0.393 e. The Morgan fingerprint density at radius 3 is 2.49 bits per heavy atom. The van der Waals surface area contributed by atoms with E-state index in [9.17, 15) is 28.5 Å². The molecule has 0 spiro atoms. The molecule has 0 saturated heterocycles. The first-order chi connectivity index (χ1) is 16.3. The molecule has 1 saturated carbocycles. The SMILES string of the molecule is Cc1cc2nc(-c3c(C)nc(NCC(F)(F)F)nc3NC3(O)CCC(C(C)O)C3O)sc2cc1C. The number of nitrogens with one attached hydrogen (secondary N) is 2. The van der Waals surface area contributed by atoms with Gasteiger partial charge < -0.3 is 26.0 Å².